The topological polar surface area (TPSA) is 116 Å². The fourth-order valence-corrected chi connectivity index (χ4v) is 6.62. The molecule has 0 unspecified atom stereocenters. The van der Waals surface area contributed by atoms with Crippen LogP contribution in [0.3, 0.4) is 0 Å². The van der Waals surface area contributed by atoms with Gasteiger partial charge in [-0.05, 0) is 62.9 Å². The Balaban J connectivity index is 1.98. The summed E-state index contributed by atoms with van der Waals surface area (Å²) in [6.45, 7) is 7.78. The van der Waals surface area contributed by atoms with Crippen molar-refractivity contribution < 1.29 is 31.9 Å². The number of amides is 2. The van der Waals surface area contributed by atoms with E-state index in [4.69, 9.17) is 0 Å². The van der Waals surface area contributed by atoms with Gasteiger partial charge in [-0.25, -0.2) is 22.0 Å². The molecule has 1 aliphatic rings. The van der Waals surface area contributed by atoms with Crippen molar-refractivity contribution in [2.75, 3.05) is 33.6 Å². The van der Waals surface area contributed by atoms with Gasteiger partial charge in [-0.3, -0.25) is 4.79 Å². The molecule has 2 aromatic rings. The number of thioether (sulfide) groups is 1. The zero-order valence-corrected chi connectivity index (χ0v) is 23.4. The molecule has 8 nitrogen and oxygen atoms in total. The third-order valence-corrected chi connectivity index (χ3v) is 9.01. The number of hydrogen-bond acceptors (Lipinski definition) is 6. The summed E-state index contributed by atoms with van der Waals surface area (Å²) in [6, 6.07) is 7.13. The van der Waals surface area contributed by atoms with Crippen LogP contribution in [-0.4, -0.2) is 54.4 Å². The smallest absolute Gasteiger partial charge is 0.323 e. The van der Waals surface area contributed by atoms with Gasteiger partial charge >= 0.3 is 12.0 Å². The molecule has 38 heavy (non-hydrogen) atoms. The maximum atomic E-state index is 14.1. The van der Waals surface area contributed by atoms with E-state index in [0.717, 1.165) is 23.9 Å². The van der Waals surface area contributed by atoms with Gasteiger partial charge in [-0.2, -0.15) is 0 Å². The molecule has 1 aliphatic heterocycles. The van der Waals surface area contributed by atoms with Crippen molar-refractivity contribution in [1.29, 1.82) is 0 Å². The van der Waals surface area contributed by atoms with Crippen LogP contribution in [0.15, 0.2) is 41.3 Å². The van der Waals surface area contributed by atoms with E-state index >= 15 is 0 Å². The average molecular weight is 570 g/mol. The largest absolute Gasteiger partial charge is 0.480 e. The van der Waals surface area contributed by atoms with Gasteiger partial charge in [0.05, 0.1) is 28.6 Å². The Morgan fingerprint density at radius 3 is 2.29 bits per heavy atom. The van der Waals surface area contributed by atoms with E-state index in [1.54, 1.807) is 32.0 Å². The quantitative estimate of drug-likeness (QED) is 0.337. The lowest BCUT2D eigenvalue weighted by molar-refractivity contribution is -0.138. The number of benzene rings is 2. The van der Waals surface area contributed by atoms with Crippen molar-refractivity contribution in [3.05, 3.63) is 48.0 Å². The number of urea groups is 1. The molecule has 1 fully saturated rings. The number of carbonyl (C=O) groups excluding carboxylic acids is 1. The van der Waals surface area contributed by atoms with Crippen LogP contribution >= 0.6 is 11.8 Å². The summed E-state index contributed by atoms with van der Waals surface area (Å²) in [7, 11) is -3.09. The molecule has 0 saturated carbocycles. The third kappa shape index (κ3) is 7.83. The molecule has 208 valence electrons. The van der Waals surface area contributed by atoms with Crippen molar-refractivity contribution in [3.63, 3.8) is 0 Å². The number of halogens is 2. The first-order valence-corrected chi connectivity index (χ1v) is 14.9. The van der Waals surface area contributed by atoms with Crippen molar-refractivity contribution in [3.8, 4) is 0 Å². The molecule has 3 rings (SSSR count). The first kappa shape index (κ1) is 29.7. The van der Waals surface area contributed by atoms with Gasteiger partial charge in [0, 0.05) is 23.5 Å². The van der Waals surface area contributed by atoms with Gasteiger partial charge < -0.3 is 20.6 Å². The maximum Gasteiger partial charge on any atom is 0.323 e. The van der Waals surface area contributed by atoms with Gasteiger partial charge in [0.2, 0.25) is 0 Å². The lowest BCUT2D eigenvalue weighted by atomic mass is 10.0. The highest BCUT2D eigenvalue weighted by Gasteiger charge is 2.32. The predicted octanol–water partition coefficient (Wildman–Crippen LogP) is 5.60. The van der Waals surface area contributed by atoms with Crippen LogP contribution in [0.25, 0.3) is 0 Å². The van der Waals surface area contributed by atoms with E-state index in [0.29, 0.717) is 41.7 Å². The molecular weight excluding hydrogens is 536 g/mol. The maximum absolute atomic E-state index is 14.1. The number of rotatable bonds is 9. The third-order valence-electron chi connectivity index (χ3n) is 6.12. The van der Waals surface area contributed by atoms with Crippen LogP contribution in [0.4, 0.5) is 30.6 Å². The number of aliphatic carboxylic acids is 1. The van der Waals surface area contributed by atoms with Crippen LogP contribution < -0.4 is 15.5 Å². The number of anilines is 3. The number of hydrogen-bond donors (Lipinski definition) is 3. The summed E-state index contributed by atoms with van der Waals surface area (Å²) < 4.78 is 50.4. The number of carbonyl (C=O) groups is 2. The molecule has 0 bridgehead atoms. The van der Waals surface area contributed by atoms with Gasteiger partial charge in [-0.1, -0.05) is 13.8 Å². The highest BCUT2D eigenvalue weighted by molar-refractivity contribution is 8.01. The Morgan fingerprint density at radius 2 is 1.71 bits per heavy atom. The summed E-state index contributed by atoms with van der Waals surface area (Å²) in [4.78, 5) is 27.2. The number of sulfone groups is 1. The van der Waals surface area contributed by atoms with Crippen LogP contribution in [0.1, 0.15) is 40.5 Å². The Hall–Kier alpha value is -2.86. The standard InChI is InChI=1S/C26H33F2N3O5S2/c1-16(2)15-31(18-9-11-38(35,36)12-10-18)23-8-6-19(37-26(3,4)24(32)33)14-22(23)30-25(34)29-21-7-5-17(27)13-20(21)28/h5-8,13-14,16,18H,9-12,15H2,1-4H3,(H,32,33)(H2,29,30,34). The number of nitrogens with zero attached hydrogens (tertiary/aromatic N) is 1. The molecule has 2 amide bonds. The van der Waals surface area contributed by atoms with Gasteiger partial charge in [-0.15, -0.1) is 11.8 Å². The minimum Gasteiger partial charge on any atom is -0.480 e. The minimum atomic E-state index is -3.09. The van der Waals surface area contributed by atoms with Crippen LogP contribution in [0.5, 0.6) is 0 Å². The normalized spacial score (nSPS) is 15.8. The molecule has 12 heteroatoms. The summed E-state index contributed by atoms with van der Waals surface area (Å²) in [5.41, 5.74) is 0.778. The van der Waals surface area contributed by atoms with Gasteiger partial charge in [0.1, 0.15) is 26.2 Å². The Kier molecular flexibility index (Phi) is 9.30. The van der Waals surface area contributed by atoms with Crippen molar-refractivity contribution in [2.45, 2.75) is 56.2 Å². The molecule has 3 N–H and O–H groups in total. The highest BCUT2D eigenvalue weighted by Crippen LogP contribution is 2.39. The molecular formula is C26H33F2N3O5S2. The lowest BCUT2D eigenvalue weighted by Gasteiger charge is -2.38. The molecule has 0 radical (unpaired) electrons. The Labute approximate surface area is 226 Å². The minimum absolute atomic E-state index is 0.0695. The van der Waals surface area contributed by atoms with Crippen LogP contribution in [0.2, 0.25) is 0 Å². The Morgan fingerprint density at radius 1 is 1.08 bits per heavy atom. The van der Waals surface area contributed by atoms with E-state index < -0.39 is 38.2 Å². The first-order chi connectivity index (χ1) is 17.7. The van der Waals surface area contributed by atoms with Crippen molar-refractivity contribution >= 4 is 50.7 Å². The molecule has 0 spiro atoms. The summed E-state index contributed by atoms with van der Waals surface area (Å²) in [6.07, 6.45) is 0.869. The molecule has 0 atom stereocenters. The van der Waals surface area contributed by atoms with Crippen molar-refractivity contribution in [2.24, 2.45) is 5.92 Å². The summed E-state index contributed by atoms with van der Waals surface area (Å²) >= 11 is 1.10. The molecule has 2 aromatic carbocycles. The number of nitrogens with one attached hydrogen (secondary N) is 2. The second kappa shape index (κ2) is 11.9. The SMILES string of the molecule is CC(C)CN(c1ccc(SC(C)(C)C(=O)O)cc1NC(=O)Nc1ccc(F)cc1F)C1CCS(=O)(=O)CC1. The lowest BCUT2D eigenvalue weighted by Crippen LogP contribution is -2.43. The van der Waals surface area contributed by atoms with E-state index in [9.17, 15) is 31.9 Å². The second-order valence-corrected chi connectivity index (χ2v) is 14.2. The summed E-state index contributed by atoms with van der Waals surface area (Å²) in [5.74, 6) is -2.36. The van der Waals surface area contributed by atoms with E-state index in [2.05, 4.69) is 15.5 Å². The van der Waals surface area contributed by atoms with Gasteiger partial charge in [0.25, 0.3) is 0 Å². The van der Waals surface area contributed by atoms with E-state index in [-0.39, 0.29) is 29.2 Å². The zero-order chi connectivity index (χ0) is 28.3. The number of carboxylic acids is 1. The second-order valence-electron chi connectivity index (χ2n) is 10.2. The van der Waals surface area contributed by atoms with Crippen LogP contribution in [-0.2, 0) is 14.6 Å². The predicted molar refractivity (Wildman–Crippen MR) is 147 cm³/mol. The fraction of sp³-hybridized carbons (Fsp3) is 0.462. The molecule has 1 saturated heterocycles. The molecule has 0 aliphatic carbocycles. The highest BCUT2D eigenvalue weighted by atomic mass is 32.2. The van der Waals surface area contributed by atoms with E-state index in [1.807, 2.05) is 13.8 Å². The van der Waals surface area contributed by atoms with E-state index in [1.165, 1.54) is 0 Å². The van der Waals surface area contributed by atoms with Crippen molar-refractivity contribution in [1.82, 2.24) is 0 Å². The monoisotopic (exact) mass is 569 g/mol. The van der Waals surface area contributed by atoms with Gasteiger partial charge in [0.15, 0.2) is 0 Å². The molecule has 1 heterocycles. The average Bonchev–Trinajstić information content (AvgIpc) is 2.79. The molecule has 0 aromatic heterocycles. The number of carboxylic acid groups (broad SMARTS) is 1. The fourth-order valence-electron chi connectivity index (χ4n) is 4.16. The first-order valence-electron chi connectivity index (χ1n) is 12.2. The van der Waals surface area contributed by atoms with Crippen LogP contribution in [0, 0.1) is 17.6 Å². The Bertz CT molecular complexity index is 1290. The summed E-state index contributed by atoms with van der Waals surface area (Å²) in [5, 5.41) is 14.7. The zero-order valence-electron chi connectivity index (χ0n) is 21.8.